The lowest BCUT2D eigenvalue weighted by atomic mass is 10.2. The first-order valence-electron chi connectivity index (χ1n) is 9.56. The van der Waals surface area contributed by atoms with Gasteiger partial charge in [-0.15, -0.1) is 11.8 Å². The number of benzene rings is 1. The van der Waals surface area contributed by atoms with Gasteiger partial charge in [0.05, 0.1) is 30.0 Å². The number of carbonyl (C=O) groups excluding carboxylic acids is 3. The number of hydrogen-bond acceptors (Lipinski definition) is 7. The SMILES string of the molecule is C/C=N/N(/C(C)=C/C(=O)OC)c1ccc(N2C(=O)CSCC2=O)cc1.CC.CC. The second-order valence-electron chi connectivity index (χ2n) is 5.13. The van der Waals surface area contributed by atoms with Crippen LogP contribution in [-0.2, 0) is 19.1 Å². The Bertz CT molecular complexity index is 714. The van der Waals surface area contributed by atoms with Gasteiger partial charge in [-0.25, -0.2) is 14.7 Å². The molecule has 8 heteroatoms. The zero-order valence-electron chi connectivity index (χ0n) is 18.3. The molecule has 0 spiro atoms. The third-order valence-electron chi connectivity index (χ3n) is 3.40. The summed E-state index contributed by atoms with van der Waals surface area (Å²) < 4.78 is 4.63. The Morgan fingerprint density at radius 1 is 1.10 bits per heavy atom. The molecule has 0 N–H and O–H groups in total. The van der Waals surface area contributed by atoms with Gasteiger partial charge in [0.2, 0.25) is 11.8 Å². The van der Waals surface area contributed by atoms with Gasteiger partial charge in [0.25, 0.3) is 0 Å². The number of imide groups is 1. The van der Waals surface area contributed by atoms with Gasteiger partial charge < -0.3 is 4.74 Å². The zero-order valence-corrected chi connectivity index (χ0v) is 19.1. The highest BCUT2D eigenvalue weighted by Gasteiger charge is 2.27. The molecule has 160 valence electrons. The smallest absolute Gasteiger partial charge is 0.332 e. The molecule has 1 fully saturated rings. The van der Waals surface area contributed by atoms with Gasteiger partial charge in [0.1, 0.15) is 0 Å². The standard InChI is InChI=1S/C17H19N3O4S.2C2H6/c1-4-18-20(12(2)9-17(23)24-3)14-7-5-13(6-8-14)19-15(21)10-25-11-16(19)22;2*1-2/h4-9H,10-11H2,1-3H3;2*1-2H3/b12-9+,18-4+;;. The maximum absolute atomic E-state index is 12.0. The summed E-state index contributed by atoms with van der Waals surface area (Å²) in [7, 11) is 1.30. The highest BCUT2D eigenvalue weighted by atomic mass is 32.2. The van der Waals surface area contributed by atoms with E-state index in [0.29, 0.717) is 28.6 Å². The Kier molecular flexibility index (Phi) is 13.1. The number of ether oxygens (including phenoxy) is 1. The zero-order chi connectivity index (χ0) is 22.4. The molecule has 0 aromatic heterocycles. The van der Waals surface area contributed by atoms with Crippen LogP contribution in [0.3, 0.4) is 0 Å². The maximum atomic E-state index is 12.0. The van der Waals surface area contributed by atoms with Crippen molar-refractivity contribution in [2.75, 3.05) is 28.5 Å². The first kappa shape index (κ1) is 26.4. The molecule has 0 bridgehead atoms. The van der Waals surface area contributed by atoms with Crippen LogP contribution in [0, 0.1) is 0 Å². The molecule has 29 heavy (non-hydrogen) atoms. The second kappa shape index (κ2) is 14.4. The van der Waals surface area contributed by atoms with Crippen molar-refractivity contribution in [3.8, 4) is 0 Å². The van der Waals surface area contributed by atoms with Crippen molar-refractivity contribution in [3.63, 3.8) is 0 Å². The van der Waals surface area contributed by atoms with E-state index in [9.17, 15) is 14.4 Å². The molecule has 0 aliphatic carbocycles. The number of nitrogens with zero attached hydrogens (tertiary/aromatic N) is 3. The molecule has 1 saturated heterocycles. The van der Waals surface area contributed by atoms with Gasteiger partial charge in [-0.1, -0.05) is 27.7 Å². The Morgan fingerprint density at radius 2 is 1.62 bits per heavy atom. The van der Waals surface area contributed by atoms with Crippen LogP contribution in [0.1, 0.15) is 41.5 Å². The lowest BCUT2D eigenvalue weighted by Crippen LogP contribution is -2.43. The van der Waals surface area contributed by atoms with Crippen LogP contribution in [-0.4, -0.2) is 42.6 Å². The summed E-state index contributed by atoms with van der Waals surface area (Å²) in [6, 6.07) is 6.84. The van der Waals surface area contributed by atoms with Crippen molar-refractivity contribution >= 4 is 47.1 Å². The number of esters is 1. The van der Waals surface area contributed by atoms with E-state index in [2.05, 4.69) is 9.84 Å². The number of thioether (sulfide) groups is 1. The maximum Gasteiger partial charge on any atom is 0.332 e. The summed E-state index contributed by atoms with van der Waals surface area (Å²) in [5, 5.41) is 5.80. The number of amides is 2. The van der Waals surface area contributed by atoms with E-state index >= 15 is 0 Å². The monoisotopic (exact) mass is 421 g/mol. The van der Waals surface area contributed by atoms with Crippen LogP contribution in [0.4, 0.5) is 11.4 Å². The molecule has 1 aromatic rings. The molecule has 7 nitrogen and oxygen atoms in total. The molecule has 0 atom stereocenters. The lowest BCUT2D eigenvalue weighted by molar-refractivity contribution is -0.135. The number of anilines is 2. The Morgan fingerprint density at radius 3 is 2.07 bits per heavy atom. The molecular formula is C21H31N3O4S. The van der Waals surface area contributed by atoms with Crippen LogP contribution >= 0.6 is 11.8 Å². The molecule has 1 aliphatic rings. The predicted octanol–water partition coefficient (Wildman–Crippen LogP) is 4.23. The van der Waals surface area contributed by atoms with E-state index < -0.39 is 5.97 Å². The van der Waals surface area contributed by atoms with Gasteiger partial charge in [0, 0.05) is 18.0 Å². The van der Waals surface area contributed by atoms with E-state index in [1.807, 2.05) is 27.7 Å². The van der Waals surface area contributed by atoms with Crippen molar-refractivity contribution in [3.05, 3.63) is 36.0 Å². The Hall–Kier alpha value is -2.61. The first-order chi connectivity index (χ1) is 14.0. The average molecular weight is 422 g/mol. The van der Waals surface area contributed by atoms with Crippen molar-refractivity contribution in [2.24, 2.45) is 5.10 Å². The van der Waals surface area contributed by atoms with Crippen LogP contribution < -0.4 is 9.91 Å². The van der Waals surface area contributed by atoms with E-state index in [1.54, 1.807) is 49.3 Å². The molecular weight excluding hydrogens is 390 g/mol. The van der Waals surface area contributed by atoms with Crippen LogP contribution in [0.2, 0.25) is 0 Å². The number of hydrogen-bond donors (Lipinski definition) is 0. The van der Waals surface area contributed by atoms with E-state index in [1.165, 1.54) is 29.8 Å². The summed E-state index contributed by atoms with van der Waals surface area (Å²) in [6.07, 6.45) is 2.92. The average Bonchev–Trinajstić information content (AvgIpc) is 2.75. The van der Waals surface area contributed by atoms with Crippen LogP contribution in [0.15, 0.2) is 41.1 Å². The molecule has 0 unspecified atom stereocenters. The minimum absolute atomic E-state index is 0.223. The number of hydrazone groups is 1. The topological polar surface area (TPSA) is 79.3 Å². The second-order valence-corrected chi connectivity index (χ2v) is 6.11. The fraction of sp³-hybridized carbons (Fsp3) is 0.429. The normalized spacial score (nSPS) is 13.9. The van der Waals surface area contributed by atoms with E-state index in [4.69, 9.17) is 0 Å². The summed E-state index contributed by atoms with van der Waals surface area (Å²) in [6.45, 7) is 11.5. The van der Waals surface area contributed by atoms with E-state index in [-0.39, 0.29) is 11.8 Å². The Labute approximate surface area is 177 Å². The third-order valence-corrected chi connectivity index (χ3v) is 4.30. The lowest BCUT2D eigenvalue weighted by Gasteiger charge is -2.25. The summed E-state index contributed by atoms with van der Waals surface area (Å²) in [4.78, 5) is 36.6. The van der Waals surface area contributed by atoms with Gasteiger partial charge >= 0.3 is 5.97 Å². The van der Waals surface area contributed by atoms with Crippen molar-refractivity contribution in [1.29, 1.82) is 0 Å². The van der Waals surface area contributed by atoms with E-state index in [0.717, 1.165) is 0 Å². The molecule has 1 heterocycles. The number of allylic oxidation sites excluding steroid dienone is 1. The molecule has 2 rings (SSSR count). The van der Waals surface area contributed by atoms with Crippen LogP contribution in [0.25, 0.3) is 0 Å². The minimum atomic E-state index is -0.479. The summed E-state index contributed by atoms with van der Waals surface area (Å²) in [5.41, 5.74) is 1.78. The van der Waals surface area contributed by atoms with Crippen molar-refractivity contribution in [1.82, 2.24) is 0 Å². The predicted molar refractivity (Wildman–Crippen MR) is 121 cm³/mol. The molecule has 0 radical (unpaired) electrons. The van der Waals surface area contributed by atoms with Crippen molar-refractivity contribution in [2.45, 2.75) is 41.5 Å². The molecule has 1 aromatic carbocycles. The van der Waals surface area contributed by atoms with Gasteiger partial charge in [-0.05, 0) is 38.1 Å². The largest absolute Gasteiger partial charge is 0.466 e. The molecule has 0 saturated carbocycles. The number of carbonyl (C=O) groups is 3. The molecule has 1 aliphatic heterocycles. The summed E-state index contributed by atoms with van der Waals surface area (Å²) >= 11 is 1.32. The molecule has 2 amide bonds. The van der Waals surface area contributed by atoms with Crippen molar-refractivity contribution < 1.29 is 19.1 Å². The van der Waals surface area contributed by atoms with Crippen LogP contribution in [0.5, 0.6) is 0 Å². The Balaban J connectivity index is 0.00000184. The van der Waals surface area contributed by atoms with Gasteiger partial charge in [0.15, 0.2) is 0 Å². The number of methoxy groups -OCH3 is 1. The highest BCUT2D eigenvalue weighted by Crippen LogP contribution is 2.26. The number of rotatable bonds is 5. The third kappa shape index (κ3) is 7.73. The summed E-state index contributed by atoms with van der Waals surface area (Å²) in [5.74, 6) is -0.340. The quantitative estimate of drug-likeness (QED) is 0.233. The van der Waals surface area contributed by atoms with Gasteiger partial charge in [-0.2, -0.15) is 5.10 Å². The first-order valence-corrected chi connectivity index (χ1v) is 10.7. The van der Waals surface area contributed by atoms with Gasteiger partial charge in [-0.3, -0.25) is 9.59 Å². The fourth-order valence-corrected chi connectivity index (χ4v) is 3.00. The minimum Gasteiger partial charge on any atom is -0.466 e. The fourth-order valence-electron chi connectivity index (χ4n) is 2.29. The highest BCUT2D eigenvalue weighted by molar-refractivity contribution is 8.00.